The van der Waals surface area contributed by atoms with Gasteiger partial charge in [-0.1, -0.05) is 6.07 Å². The third-order valence-corrected chi connectivity index (χ3v) is 2.55. The predicted molar refractivity (Wildman–Crippen MR) is 70.4 cm³/mol. The van der Waals surface area contributed by atoms with E-state index in [1.165, 1.54) is 24.5 Å². The summed E-state index contributed by atoms with van der Waals surface area (Å²) >= 11 is 0. The highest BCUT2D eigenvalue weighted by atomic mass is 19.4. The van der Waals surface area contributed by atoms with Crippen LogP contribution >= 0.6 is 0 Å². The van der Waals surface area contributed by atoms with Crippen LogP contribution in [-0.4, -0.2) is 23.2 Å². The van der Waals surface area contributed by atoms with Crippen LogP contribution < -0.4 is 5.73 Å². The van der Waals surface area contributed by atoms with E-state index < -0.39 is 11.9 Å². The number of nitrogens with zero attached hydrogens (tertiary/aromatic N) is 3. The van der Waals surface area contributed by atoms with Gasteiger partial charge in [0.15, 0.2) is 0 Å². The number of alkyl halides is 3. The van der Waals surface area contributed by atoms with Crippen LogP contribution in [0.3, 0.4) is 0 Å². The smallest absolute Gasteiger partial charge is 0.383 e. The van der Waals surface area contributed by atoms with Crippen molar-refractivity contribution >= 4 is 12.0 Å². The largest absolute Gasteiger partial charge is 0.433 e. The molecule has 0 unspecified atom stereocenters. The minimum atomic E-state index is -4.48. The monoisotopic (exact) mass is 280 g/mol. The Labute approximate surface area is 113 Å². The van der Waals surface area contributed by atoms with Crippen molar-refractivity contribution in [2.24, 2.45) is 4.99 Å². The molecule has 0 amide bonds. The van der Waals surface area contributed by atoms with Crippen LogP contribution in [-0.2, 0) is 6.18 Å². The average Bonchev–Trinajstić information content (AvgIpc) is 2.41. The fourth-order valence-electron chi connectivity index (χ4n) is 1.63. The van der Waals surface area contributed by atoms with Gasteiger partial charge in [0.1, 0.15) is 11.5 Å². The van der Waals surface area contributed by atoms with Gasteiger partial charge in [-0.3, -0.25) is 4.99 Å². The van der Waals surface area contributed by atoms with E-state index in [1.54, 1.807) is 13.1 Å². The number of anilines is 1. The zero-order valence-electron chi connectivity index (χ0n) is 10.5. The maximum Gasteiger partial charge on any atom is 0.433 e. The molecule has 0 bridgehead atoms. The SMILES string of the molecule is CN=Cc1cc(-c2cccc(C(F)(F)F)n2)cnc1N. The first-order valence-corrected chi connectivity index (χ1v) is 5.64. The van der Waals surface area contributed by atoms with E-state index in [4.69, 9.17) is 5.73 Å². The Morgan fingerprint density at radius 1 is 1.30 bits per heavy atom. The maximum absolute atomic E-state index is 12.6. The van der Waals surface area contributed by atoms with Crippen molar-refractivity contribution in [1.29, 1.82) is 0 Å². The Kier molecular flexibility index (Phi) is 3.69. The lowest BCUT2D eigenvalue weighted by molar-refractivity contribution is -0.141. The van der Waals surface area contributed by atoms with Crippen molar-refractivity contribution in [3.05, 3.63) is 41.7 Å². The van der Waals surface area contributed by atoms with Crippen molar-refractivity contribution in [2.45, 2.75) is 6.18 Å². The van der Waals surface area contributed by atoms with Gasteiger partial charge in [0.05, 0.1) is 5.69 Å². The van der Waals surface area contributed by atoms with Crippen LogP contribution in [0.15, 0.2) is 35.5 Å². The molecule has 0 saturated heterocycles. The molecule has 0 aliphatic heterocycles. The van der Waals surface area contributed by atoms with Crippen LogP contribution in [0, 0.1) is 0 Å². The first kappa shape index (κ1) is 14.0. The molecule has 0 fully saturated rings. The number of aromatic nitrogens is 2. The zero-order valence-corrected chi connectivity index (χ0v) is 10.5. The van der Waals surface area contributed by atoms with Crippen LogP contribution in [0.1, 0.15) is 11.3 Å². The van der Waals surface area contributed by atoms with Gasteiger partial charge in [-0.2, -0.15) is 13.2 Å². The van der Waals surface area contributed by atoms with Crippen molar-refractivity contribution in [1.82, 2.24) is 9.97 Å². The molecule has 0 aliphatic carbocycles. The summed E-state index contributed by atoms with van der Waals surface area (Å²) in [5.74, 6) is 0.256. The molecule has 4 nitrogen and oxygen atoms in total. The van der Waals surface area contributed by atoms with Gasteiger partial charge in [-0.05, 0) is 18.2 Å². The van der Waals surface area contributed by atoms with Crippen LogP contribution in [0.4, 0.5) is 19.0 Å². The third kappa shape index (κ3) is 2.93. The van der Waals surface area contributed by atoms with E-state index in [1.807, 2.05) is 0 Å². The maximum atomic E-state index is 12.6. The van der Waals surface area contributed by atoms with Crippen molar-refractivity contribution in [3.8, 4) is 11.3 Å². The van der Waals surface area contributed by atoms with Gasteiger partial charge in [0.2, 0.25) is 0 Å². The highest BCUT2D eigenvalue weighted by Gasteiger charge is 2.32. The molecule has 0 radical (unpaired) electrons. The summed E-state index contributed by atoms with van der Waals surface area (Å²) in [4.78, 5) is 11.3. The van der Waals surface area contributed by atoms with Crippen LogP contribution in [0.25, 0.3) is 11.3 Å². The molecule has 2 rings (SSSR count). The van der Waals surface area contributed by atoms with Crippen molar-refractivity contribution in [2.75, 3.05) is 12.8 Å². The number of nitrogens with two attached hydrogens (primary N) is 1. The number of hydrogen-bond donors (Lipinski definition) is 1. The Bertz CT molecular complexity index is 650. The molecular weight excluding hydrogens is 269 g/mol. The van der Waals surface area contributed by atoms with E-state index in [0.29, 0.717) is 11.1 Å². The number of aliphatic imine (C=N–C) groups is 1. The van der Waals surface area contributed by atoms with Gasteiger partial charge in [-0.15, -0.1) is 0 Å². The fraction of sp³-hybridized carbons (Fsp3) is 0.154. The number of hydrogen-bond acceptors (Lipinski definition) is 4. The van der Waals surface area contributed by atoms with E-state index in [0.717, 1.165) is 6.07 Å². The van der Waals surface area contributed by atoms with Gasteiger partial charge in [0, 0.05) is 30.6 Å². The molecule has 0 atom stereocenters. The third-order valence-electron chi connectivity index (χ3n) is 2.55. The second kappa shape index (κ2) is 5.28. The lowest BCUT2D eigenvalue weighted by Gasteiger charge is -2.08. The quantitative estimate of drug-likeness (QED) is 0.860. The molecule has 2 aromatic rings. The summed E-state index contributed by atoms with van der Waals surface area (Å²) in [5.41, 5.74) is 5.86. The number of pyridine rings is 2. The zero-order chi connectivity index (χ0) is 14.8. The summed E-state index contributed by atoms with van der Waals surface area (Å²) < 4.78 is 37.9. The van der Waals surface area contributed by atoms with E-state index in [-0.39, 0.29) is 11.5 Å². The summed E-state index contributed by atoms with van der Waals surface area (Å²) in [5, 5.41) is 0. The van der Waals surface area contributed by atoms with E-state index in [2.05, 4.69) is 15.0 Å². The first-order valence-electron chi connectivity index (χ1n) is 5.64. The predicted octanol–water partition coefficient (Wildman–Crippen LogP) is 2.79. The molecule has 2 heterocycles. The lowest BCUT2D eigenvalue weighted by atomic mass is 10.1. The van der Waals surface area contributed by atoms with Gasteiger partial charge >= 0.3 is 6.18 Å². The topological polar surface area (TPSA) is 64.2 Å². The number of nitrogen functional groups attached to an aromatic ring is 1. The summed E-state index contributed by atoms with van der Waals surface area (Å²) in [6, 6.07) is 5.30. The number of halogens is 3. The second-order valence-electron chi connectivity index (χ2n) is 3.99. The molecule has 0 spiro atoms. The summed E-state index contributed by atoms with van der Waals surface area (Å²) in [6.07, 6.45) is -1.62. The van der Waals surface area contributed by atoms with Gasteiger partial charge in [0.25, 0.3) is 0 Å². The molecule has 0 aromatic carbocycles. The van der Waals surface area contributed by atoms with E-state index >= 15 is 0 Å². The highest BCUT2D eigenvalue weighted by Crippen LogP contribution is 2.29. The first-order chi connectivity index (χ1) is 9.41. The standard InChI is InChI=1S/C13H11F3N4/c1-18-6-9-5-8(7-19-12(9)17)10-3-2-4-11(20-10)13(14,15)16/h2-7H,1H3,(H2,17,19). The summed E-state index contributed by atoms with van der Waals surface area (Å²) in [6.45, 7) is 0. The van der Waals surface area contributed by atoms with Gasteiger partial charge in [-0.25, -0.2) is 9.97 Å². The Hall–Kier alpha value is -2.44. The highest BCUT2D eigenvalue weighted by molar-refractivity contribution is 5.87. The second-order valence-corrected chi connectivity index (χ2v) is 3.99. The van der Waals surface area contributed by atoms with Gasteiger partial charge < -0.3 is 5.73 Å². The fourth-order valence-corrected chi connectivity index (χ4v) is 1.63. The molecule has 7 heteroatoms. The molecule has 0 aliphatic rings. The Balaban J connectivity index is 2.49. The normalized spacial score (nSPS) is 12.0. The lowest BCUT2D eigenvalue weighted by Crippen LogP contribution is -2.08. The van der Waals surface area contributed by atoms with Crippen LogP contribution in [0.5, 0.6) is 0 Å². The molecule has 0 saturated carbocycles. The number of rotatable bonds is 2. The van der Waals surface area contributed by atoms with Crippen molar-refractivity contribution in [3.63, 3.8) is 0 Å². The van der Waals surface area contributed by atoms with E-state index in [9.17, 15) is 13.2 Å². The molecular formula is C13H11F3N4. The average molecular weight is 280 g/mol. The molecule has 2 aromatic heterocycles. The van der Waals surface area contributed by atoms with Crippen molar-refractivity contribution < 1.29 is 13.2 Å². The molecule has 20 heavy (non-hydrogen) atoms. The minimum Gasteiger partial charge on any atom is -0.383 e. The summed E-state index contributed by atoms with van der Waals surface area (Å²) in [7, 11) is 1.56. The molecule has 2 N–H and O–H groups in total. The van der Waals surface area contributed by atoms with Crippen LogP contribution in [0.2, 0.25) is 0 Å². The Morgan fingerprint density at radius 2 is 2.05 bits per heavy atom. The molecule has 104 valence electrons. The minimum absolute atomic E-state index is 0.179. The Morgan fingerprint density at radius 3 is 2.70 bits per heavy atom.